The molecule has 0 bridgehead atoms. The van der Waals surface area contributed by atoms with Crippen molar-refractivity contribution in [3.05, 3.63) is 47.2 Å². The van der Waals surface area contributed by atoms with Crippen molar-refractivity contribution in [3.8, 4) is 0 Å². The number of sulfonamides is 1. The van der Waals surface area contributed by atoms with Crippen LogP contribution in [0.2, 0.25) is 0 Å². The topological polar surface area (TPSA) is 126 Å². The second-order valence-electron chi connectivity index (χ2n) is 5.55. The maximum absolute atomic E-state index is 12.3. The summed E-state index contributed by atoms with van der Waals surface area (Å²) in [6.45, 7) is 0.168. The van der Waals surface area contributed by atoms with Crippen molar-refractivity contribution in [2.75, 3.05) is 26.5 Å². The van der Waals surface area contributed by atoms with E-state index in [1.807, 2.05) is 0 Å². The number of carboxylic acids is 1. The highest BCUT2D eigenvalue weighted by molar-refractivity contribution is 7.88. The van der Waals surface area contributed by atoms with Gasteiger partial charge in [0.05, 0.1) is 17.7 Å². The number of furan rings is 1. The number of carbonyl (C=O) groups is 2. The quantitative estimate of drug-likeness (QED) is 0.745. The van der Waals surface area contributed by atoms with Crippen LogP contribution in [0, 0.1) is 0 Å². The van der Waals surface area contributed by atoms with Gasteiger partial charge >= 0.3 is 5.97 Å². The minimum absolute atomic E-state index is 0.0144. The van der Waals surface area contributed by atoms with Gasteiger partial charge in [0.15, 0.2) is 0 Å². The second-order valence-corrected chi connectivity index (χ2v) is 7.64. The zero-order valence-corrected chi connectivity index (χ0v) is 15.2. The number of rotatable bonds is 7. The van der Waals surface area contributed by atoms with Gasteiger partial charge in [0.25, 0.3) is 15.9 Å². The van der Waals surface area contributed by atoms with E-state index in [1.54, 1.807) is 6.07 Å². The number of nitrogens with zero attached hydrogens (tertiary/aromatic N) is 1. The van der Waals surface area contributed by atoms with Gasteiger partial charge in [0.1, 0.15) is 6.26 Å². The van der Waals surface area contributed by atoms with Gasteiger partial charge in [-0.3, -0.25) is 4.79 Å². The van der Waals surface area contributed by atoms with E-state index in [4.69, 9.17) is 14.3 Å². The molecule has 10 heteroatoms. The van der Waals surface area contributed by atoms with Gasteiger partial charge in [0, 0.05) is 33.0 Å². The summed E-state index contributed by atoms with van der Waals surface area (Å²) in [5.74, 6) is -1.79. The monoisotopic (exact) mass is 382 g/mol. The molecule has 0 aliphatic rings. The Kier molecular flexibility index (Phi) is 5.80. The lowest BCUT2D eigenvalue weighted by Gasteiger charge is -2.08. The van der Waals surface area contributed by atoms with Crippen LogP contribution in [0.4, 0.5) is 5.69 Å². The average molecular weight is 382 g/mol. The fourth-order valence-electron chi connectivity index (χ4n) is 2.09. The number of methoxy groups -OCH3 is 1. The summed E-state index contributed by atoms with van der Waals surface area (Å²) in [6.07, 6.45) is 1.02. The standard InChI is InChI=1S/C16H18N2O7S/c1-18(2)26(22,23)14-7-12(9-25-14)15(19)17-13-5-10(8-24-3)4-11(6-13)16(20)21/h4-7,9H,8H2,1-3H3,(H,17,19)(H,20,21). The summed E-state index contributed by atoms with van der Waals surface area (Å²) >= 11 is 0. The molecule has 2 rings (SSSR count). The summed E-state index contributed by atoms with van der Waals surface area (Å²) in [5, 5.41) is 11.3. The molecule has 140 valence electrons. The third-order valence-electron chi connectivity index (χ3n) is 3.38. The fourth-order valence-corrected chi connectivity index (χ4v) is 2.90. The van der Waals surface area contributed by atoms with Gasteiger partial charge < -0.3 is 19.6 Å². The maximum atomic E-state index is 12.3. The Hall–Kier alpha value is -2.69. The predicted octanol–water partition coefficient (Wildman–Crippen LogP) is 1.63. The van der Waals surface area contributed by atoms with Crippen LogP contribution in [0.5, 0.6) is 0 Å². The van der Waals surface area contributed by atoms with E-state index in [1.165, 1.54) is 33.3 Å². The molecule has 1 aromatic heterocycles. The number of aromatic carboxylic acids is 1. The molecule has 2 N–H and O–H groups in total. The number of hydrogen-bond acceptors (Lipinski definition) is 6. The Morgan fingerprint density at radius 3 is 2.46 bits per heavy atom. The van der Waals surface area contributed by atoms with Crippen LogP contribution in [0.15, 0.2) is 40.0 Å². The minimum Gasteiger partial charge on any atom is -0.478 e. The number of benzene rings is 1. The number of anilines is 1. The highest BCUT2D eigenvalue weighted by atomic mass is 32.2. The van der Waals surface area contributed by atoms with Crippen LogP contribution >= 0.6 is 0 Å². The Morgan fingerprint density at radius 1 is 1.19 bits per heavy atom. The number of amides is 1. The van der Waals surface area contributed by atoms with E-state index < -0.39 is 21.9 Å². The Labute approximate surface area is 150 Å². The molecule has 0 fully saturated rings. The molecular weight excluding hydrogens is 364 g/mol. The van der Waals surface area contributed by atoms with E-state index in [0.717, 1.165) is 16.6 Å². The molecule has 0 unspecified atom stereocenters. The van der Waals surface area contributed by atoms with Gasteiger partial charge in [-0.2, -0.15) is 0 Å². The van der Waals surface area contributed by atoms with Crippen LogP contribution in [0.1, 0.15) is 26.3 Å². The van der Waals surface area contributed by atoms with E-state index in [9.17, 15) is 18.0 Å². The number of carboxylic acid groups (broad SMARTS) is 1. The molecule has 26 heavy (non-hydrogen) atoms. The van der Waals surface area contributed by atoms with Crippen LogP contribution in [-0.4, -0.2) is 50.9 Å². The van der Waals surface area contributed by atoms with Crippen LogP contribution in [-0.2, 0) is 21.4 Å². The van der Waals surface area contributed by atoms with Crippen molar-refractivity contribution < 1.29 is 32.3 Å². The zero-order chi connectivity index (χ0) is 19.5. The largest absolute Gasteiger partial charge is 0.478 e. The molecule has 2 aromatic rings. The number of nitrogens with one attached hydrogen (secondary N) is 1. The summed E-state index contributed by atoms with van der Waals surface area (Å²) in [7, 11) is 0.339. The zero-order valence-electron chi connectivity index (χ0n) is 14.3. The first-order valence-corrected chi connectivity index (χ1v) is 8.77. The van der Waals surface area contributed by atoms with Crippen LogP contribution in [0.3, 0.4) is 0 Å². The molecule has 0 aliphatic heterocycles. The average Bonchev–Trinajstić information content (AvgIpc) is 3.05. The molecule has 0 saturated carbocycles. The van der Waals surface area contributed by atoms with E-state index in [-0.39, 0.29) is 28.5 Å². The number of carbonyl (C=O) groups excluding carboxylic acids is 1. The fraction of sp³-hybridized carbons (Fsp3) is 0.250. The Morgan fingerprint density at radius 2 is 1.88 bits per heavy atom. The van der Waals surface area contributed by atoms with E-state index in [2.05, 4.69) is 5.32 Å². The third kappa shape index (κ3) is 4.28. The van der Waals surface area contributed by atoms with Gasteiger partial charge in [-0.25, -0.2) is 17.5 Å². The molecule has 0 spiro atoms. The van der Waals surface area contributed by atoms with Crippen molar-refractivity contribution >= 4 is 27.6 Å². The minimum atomic E-state index is -3.80. The lowest BCUT2D eigenvalue weighted by Crippen LogP contribution is -2.21. The molecule has 0 aliphatic carbocycles. The third-order valence-corrected chi connectivity index (χ3v) is 5.07. The molecule has 0 atom stereocenters. The van der Waals surface area contributed by atoms with Gasteiger partial charge in [0.2, 0.25) is 5.09 Å². The number of hydrogen-bond donors (Lipinski definition) is 2. The van der Waals surface area contributed by atoms with E-state index in [0.29, 0.717) is 5.56 Å². The first-order chi connectivity index (χ1) is 12.1. The Balaban J connectivity index is 2.28. The highest BCUT2D eigenvalue weighted by Gasteiger charge is 2.23. The van der Waals surface area contributed by atoms with Gasteiger partial charge in [-0.15, -0.1) is 0 Å². The van der Waals surface area contributed by atoms with Crippen molar-refractivity contribution in [1.82, 2.24) is 4.31 Å². The lowest BCUT2D eigenvalue weighted by atomic mass is 10.1. The van der Waals surface area contributed by atoms with Gasteiger partial charge in [-0.05, 0) is 23.8 Å². The predicted molar refractivity (Wildman–Crippen MR) is 91.6 cm³/mol. The SMILES string of the molecule is COCc1cc(NC(=O)c2coc(S(=O)(=O)N(C)C)c2)cc(C(=O)O)c1. The highest BCUT2D eigenvalue weighted by Crippen LogP contribution is 2.20. The lowest BCUT2D eigenvalue weighted by molar-refractivity contribution is 0.0696. The molecule has 1 aromatic carbocycles. The normalized spacial score (nSPS) is 11.5. The molecule has 0 radical (unpaired) electrons. The summed E-state index contributed by atoms with van der Waals surface area (Å²) in [6, 6.07) is 5.38. The number of ether oxygens (including phenoxy) is 1. The van der Waals surface area contributed by atoms with Gasteiger partial charge in [-0.1, -0.05) is 0 Å². The second kappa shape index (κ2) is 7.68. The van der Waals surface area contributed by atoms with Crippen LogP contribution < -0.4 is 5.32 Å². The van der Waals surface area contributed by atoms with Crippen molar-refractivity contribution in [2.45, 2.75) is 11.7 Å². The first-order valence-electron chi connectivity index (χ1n) is 7.33. The van der Waals surface area contributed by atoms with Crippen molar-refractivity contribution in [3.63, 3.8) is 0 Å². The Bertz CT molecular complexity index is 932. The molecule has 1 amide bonds. The van der Waals surface area contributed by atoms with Crippen molar-refractivity contribution in [1.29, 1.82) is 0 Å². The first kappa shape index (κ1) is 19.6. The molecule has 1 heterocycles. The maximum Gasteiger partial charge on any atom is 0.335 e. The van der Waals surface area contributed by atoms with Crippen LogP contribution in [0.25, 0.3) is 0 Å². The van der Waals surface area contributed by atoms with Crippen molar-refractivity contribution in [2.24, 2.45) is 0 Å². The molecule has 0 saturated heterocycles. The summed E-state index contributed by atoms with van der Waals surface area (Å²) in [5.41, 5.74) is 0.767. The molecule has 9 nitrogen and oxygen atoms in total. The smallest absolute Gasteiger partial charge is 0.335 e. The molecular formula is C16H18N2O7S. The van der Waals surface area contributed by atoms with E-state index >= 15 is 0 Å². The summed E-state index contributed by atoms with van der Waals surface area (Å²) < 4.78 is 34.9. The summed E-state index contributed by atoms with van der Waals surface area (Å²) in [4.78, 5) is 23.5.